The lowest BCUT2D eigenvalue weighted by Gasteiger charge is -2.27. The van der Waals surface area contributed by atoms with Crippen molar-refractivity contribution in [3.8, 4) is 11.8 Å². The van der Waals surface area contributed by atoms with E-state index in [0.29, 0.717) is 18.8 Å². The molecule has 0 aliphatic carbocycles. The van der Waals surface area contributed by atoms with Crippen LogP contribution in [0.1, 0.15) is 18.4 Å². The molecule has 1 fully saturated rings. The van der Waals surface area contributed by atoms with Crippen LogP contribution in [-0.2, 0) is 0 Å². The van der Waals surface area contributed by atoms with Crippen molar-refractivity contribution in [2.75, 3.05) is 18.8 Å². The van der Waals surface area contributed by atoms with Gasteiger partial charge in [-0.2, -0.15) is 0 Å². The summed E-state index contributed by atoms with van der Waals surface area (Å²) in [4.78, 5) is 12.2. The second-order valence-corrected chi connectivity index (χ2v) is 5.46. The third-order valence-electron chi connectivity index (χ3n) is 3.19. The van der Waals surface area contributed by atoms with Crippen LogP contribution in [0.2, 0.25) is 0 Å². The lowest BCUT2D eigenvalue weighted by molar-refractivity contribution is 0.130. The van der Waals surface area contributed by atoms with Gasteiger partial charge in [-0.05, 0) is 31.0 Å². The maximum Gasteiger partial charge on any atom is 0.407 e. The number of halogens is 1. The van der Waals surface area contributed by atoms with Crippen molar-refractivity contribution in [3.63, 3.8) is 0 Å². The molecular formula is C14H15BrN2O2. The Bertz CT molecular complexity index is 540. The normalized spacial score (nSPS) is 15.7. The Morgan fingerprint density at radius 2 is 2.11 bits per heavy atom. The number of rotatable bonds is 0. The van der Waals surface area contributed by atoms with Gasteiger partial charge in [0.2, 0.25) is 0 Å². The molecule has 0 unspecified atom stereocenters. The summed E-state index contributed by atoms with van der Waals surface area (Å²) in [7, 11) is 0. The monoisotopic (exact) mass is 322 g/mol. The average Bonchev–Trinajstić information content (AvgIpc) is 2.40. The first-order valence-electron chi connectivity index (χ1n) is 6.10. The third-order valence-corrected chi connectivity index (χ3v) is 3.69. The standard InChI is InChI=1S/C14H15BrN2O2/c15-12-3-4-13(16)11(9-12)2-1-10-5-7-17(8-6-10)14(18)19/h3-4,9-10H,5-8,16H2,(H,18,19). The molecule has 4 nitrogen and oxygen atoms in total. The molecule has 1 aliphatic heterocycles. The molecule has 0 bridgehead atoms. The van der Waals surface area contributed by atoms with E-state index in [0.717, 1.165) is 22.9 Å². The van der Waals surface area contributed by atoms with E-state index in [4.69, 9.17) is 10.8 Å². The molecule has 3 N–H and O–H groups in total. The minimum atomic E-state index is -0.845. The number of benzene rings is 1. The highest BCUT2D eigenvalue weighted by atomic mass is 79.9. The molecule has 1 amide bonds. The molecule has 1 saturated heterocycles. The highest BCUT2D eigenvalue weighted by Crippen LogP contribution is 2.19. The van der Waals surface area contributed by atoms with E-state index in [1.54, 1.807) is 0 Å². The molecule has 0 radical (unpaired) electrons. The third kappa shape index (κ3) is 3.65. The summed E-state index contributed by atoms with van der Waals surface area (Å²) < 4.78 is 0.951. The smallest absolute Gasteiger partial charge is 0.407 e. The fourth-order valence-corrected chi connectivity index (χ4v) is 2.39. The molecule has 0 aromatic heterocycles. The quantitative estimate of drug-likeness (QED) is 0.570. The Morgan fingerprint density at radius 3 is 2.74 bits per heavy atom. The van der Waals surface area contributed by atoms with Crippen molar-refractivity contribution < 1.29 is 9.90 Å². The van der Waals surface area contributed by atoms with Crippen LogP contribution in [0.4, 0.5) is 10.5 Å². The van der Waals surface area contributed by atoms with Crippen molar-refractivity contribution >= 4 is 27.7 Å². The highest BCUT2D eigenvalue weighted by Gasteiger charge is 2.20. The predicted octanol–water partition coefficient (Wildman–Crippen LogP) is 2.77. The largest absolute Gasteiger partial charge is 0.465 e. The van der Waals surface area contributed by atoms with E-state index in [2.05, 4.69) is 27.8 Å². The zero-order chi connectivity index (χ0) is 13.8. The second-order valence-electron chi connectivity index (χ2n) is 4.54. The summed E-state index contributed by atoms with van der Waals surface area (Å²) in [6.45, 7) is 1.12. The van der Waals surface area contributed by atoms with Crippen molar-refractivity contribution in [2.24, 2.45) is 5.92 Å². The minimum absolute atomic E-state index is 0.244. The van der Waals surface area contributed by atoms with E-state index in [1.165, 1.54) is 4.90 Å². The van der Waals surface area contributed by atoms with Crippen LogP contribution in [0.25, 0.3) is 0 Å². The molecule has 2 rings (SSSR count). The van der Waals surface area contributed by atoms with Gasteiger partial charge in [0.15, 0.2) is 0 Å². The Labute approximate surface area is 120 Å². The Balaban J connectivity index is 2.01. The highest BCUT2D eigenvalue weighted by molar-refractivity contribution is 9.10. The molecule has 0 saturated carbocycles. The number of nitrogens with two attached hydrogens (primary N) is 1. The lowest BCUT2D eigenvalue weighted by atomic mass is 9.97. The van der Waals surface area contributed by atoms with Crippen LogP contribution in [0.15, 0.2) is 22.7 Å². The number of anilines is 1. The van der Waals surface area contributed by atoms with Crippen LogP contribution in [0.3, 0.4) is 0 Å². The summed E-state index contributed by atoms with van der Waals surface area (Å²) in [6, 6.07) is 5.60. The summed E-state index contributed by atoms with van der Waals surface area (Å²) >= 11 is 3.39. The van der Waals surface area contributed by atoms with E-state index >= 15 is 0 Å². The van der Waals surface area contributed by atoms with Gasteiger partial charge in [-0.1, -0.05) is 27.8 Å². The fraction of sp³-hybridized carbons (Fsp3) is 0.357. The number of piperidine rings is 1. The Hall–Kier alpha value is -1.67. The number of likely N-dealkylation sites (tertiary alicyclic amines) is 1. The maximum absolute atomic E-state index is 10.8. The summed E-state index contributed by atoms with van der Waals surface area (Å²) in [5.41, 5.74) is 7.34. The number of carboxylic acid groups (broad SMARTS) is 1. The molecule has 1 aromatic rings. The fourth-order valence-electron chi connectivity index (χ4n) is 2.03. The number of nitrogens with zero attached hydrogens (tertiary/aromatic N) is 1. The van der Waals surface area contributed by atoms with Crippen LogP contribution in [-0.4, -0.2) is 29.2 Å². The van der Waals surface area contributed by atoms with Gasteiger partial charge in [-0.25, -0.2) is 4.79 Å². The zero-order valence-corrected chi connectivity index (χ0v) is 12.0. The van der Waals surface area contributed by atoms with E-state index in [9.17, 15) is 4.79 Å². The maximum atomic E-state index is 10.8. The molecule has 1 aliphatic rings. The van der Waals surface area contributed by atoms with Crippen LogP contribution >= 0.6 is 15.9 Å². The molecular weight excluding hydrogens is 308 g/mol. The topological polar surface area (TPSA) is 66.6 Å². The lowest BCUT2D eigenvalue weighted by Crippen LogP contribution is -2.37. The van der Waals surface area contributed by atoms with Crippen molar-refractivity contribution in [1.29, 1.82) is 0 Å². The Kier molecular flexibility index (Phi) is 4.33. The van der Waals surface area contributed by atoms with Gasteiger partial charge in [-0.15, -0.1) is 0 Å². The van der Waals surface area contributed by atoms with Gasteiger partial charge < -0.3 is 15.7 Å². The van der Waals surface area contributed by atoms with Gasteiger partial charge in [0.05, 0.1) is 0 Å². The summed E-state index contributed by atoms with van der Waals surface area (Å²) in [5, 5.41) is 8.87. The Morgan fingerprint density at radius 1 is 1.42 bits per heavy atom. The van der Waals surface area contributed by atoms with E-state index < -0.39 is 6.09 Å². The van der Waals surface area contributed by atoms with Crippen LogP contribution in [0.5, 0.6) is 0 Å². The van der Waals surface area contributed by atoms with Gasteiger partial charge in [0, 0.05) is 34.7 Å². The minimum Gasteiger partial charge on any atom is -0.465 e. The molecule has 1 aromatic carbocycles. The van der Waals surface area contributed by atoms with Gasteiger partial charge in [-0.3, -0.25) is 0 Å². The van der Waals surface area contributed by atoms with E-state index in [-0.39, 0.29) is 5.92 Å². The SMILES string of the molecule is Nc1ccc(Br)cc1C#CC1CCN(C(=O)O)CC1. The first-order chi connectivity index (χ1) is 9.06. The van der Waals surface area contributed by atoms with Crippen molar-refractivity contribution in [1.82, 2.24) is 4.90 Å². The van der Waals surface area contributed by atoms with Gasteiger partial charge in [0.1, 0.15) is 0 Å². The van der Waals surface area contributed by atoms with Crippen molar-refractivity contribution in [2.45, 2.75) is 12.8 Å². The number of amides is 1. The molecule has 0 atom stereocenters. The molecule has 19 heavy (non-hydrogen) atoms. The van der Waals surface area contributed by atoms with Gasteiger partial charge >= 0.3 is 6.09 Å². The van der Waals surface area contributed by atoms with Crippen LogP contribution < -0.4 is 5.73 Å². The molecule has 1 heterocycles. The second kappa shape index (κ2) is 5.98. The van der Waals surface area contributed by atoms with Crippen molar-refractivity contribution in [3.05, 3.63) is 28.2 Å². The first-order valence-corrected chi connectivity index (χ1v) is 6.90. The number of hydrogen-bond donors (Lipinski definition) is 2. The summed E-state index contributed by atoms with van der Waals surface area (Å²) in [6.07, 6.45) is 0.725. The average molecular weight is 323 g/mol. The number of carbonyl (C=O) groups is 1. The molecule has 100 valence electrons. The van der Waals surface area contributed by atoms with Gasteiger partial charge in [0.25, 0.3) is 0 Å². The van der Waals surface area contributed by atoms with Crippen LogP contribution in [0, 0.1) is 17.8 Å². The summed E-state index contributed by atoms with van der Waals surface area (Å²) in [5.74, 6) is 6.54. The zero-order valence-electron chi connectivity index (χ0n) is 10.4. The number of hydrogen-bond acceptors (Lipinski definition) is 2. The first kappa shape index (κ1) is 13.8. The van der Waals surface area contributed by atoms with E-state index in [1.807, 2.05) is 18.2 Å². The number of nitrogen functional groups attached to an aromatic ring is 1. The molecule has 0 spiro atoms. The predicted molar refractivity (Wildman–Crippen MR) is 77.8 cm³/mol. The molecule has 5 heteroatoms.